The van der Waals surface area contributed by atoms with Crippen LogP contribution < -0.4 is 9.46 Å². The van der Waals surface area contributed by atoms with E-state index in [1.807, 2.05) is 41.1 Å². The van der Waals surface area contributed by atoms with Gasteiger partial charge in [-0.1, -0.05) is 73.4 Å². The molecule has 0 bridgehead atoms. The summed E-state index contributed by atoms with van der Waals surface area (Å²) in [5, 5.41) is 0.221. The van der Waals surface area contributed by atoms with Gasteiger partial charge >= 0.3 is 0 Å². The predicted octanol–water partition coefficient (Wildman–Crippen LogP) is 7.69. The molecule has 0 fully saturated rings. The summed E-state index contributed by atoms with van der Waals surface area (Å²) in [6.45, 7) is 4.29. The molecule has 8 heteroatoms. The second kappa shape index (κ2) is 10.7. The fourth-order valence-corrected chi connectivity index (χ4v) is 5.26. The highest BCUT2D eigenvalue weighted by Gasteiger charge is 2.21. The van der Waals surface area contributed by atoms with Crippen molar-refractivity contribution in [3.63, 3.8) is 0 Å². The standard InChI is InChI=1S/C28H23Cl2NO4S/c1-18(2)19-7-12-24(13-8-19)35-25-14-9-21(10-15-25)20-3-5-22(6-4-20)28(32)31-36(33,34)27-16-11-23(29)17-26(27)30/h3-18H,1-2H3,(H,31,32). The highest BCUT2D eigenvalue weighted by atomic mass is 35.5. The molecule has 5 nitrogen and oxygen atoms in total. The average Bonchev–Trinajstić information content (AvgIpc) is 2.84. The number of sulfonamides is 1. The molecule has 0 saturated heterocycles. The van der Waals surface area contributed by atoms with Crippen molar-refractivity contribution < 1.29 is 17.9 Å². The van der Waals surface area contributed by atoms with Gasteiger partial charge in [0, 0.05) is 10.6 Å². The molecule has 1 N–H and O–H groups in total. The van der Waals surface area contributed by atoms with Crippen LogP contribution >= 0.6 is 23.2 Å². The van der Waals surface area contributed by atoms with Crippen LogP contribution in [0.25, 0.3) is 11.1 Å². The van der Waals surface area contributed by atoms with Gasteiger partial charge in [0.2, 0.25) is 0 Å². The number of hydrogen-bond acceptors (Lipinski definition) is 4. The van der Waals surface area contributed by atoms with E-state index in [0.717, 1.165) is 16.9 Å². The first-order chi connectivity index (χ1) is 17.1. The molecule has 0 atom stereocenters. The van der Waals surface area contributed by atoms with Crippen LogP contribution in [0.2, 0.25) is 10.0 Å². The number of ether oxygens (including phenoxy) is 1. The first-order valence-electron chi connectivity index (χ1n) is 11.1. The minimum absolute atomic E-state index is 0.0712. The highest BCUT2D eigenvalue weighted by Crippen LogP contribution is 2.28. The maximum atomic E-state index is 12.6. The summed E-state index contributed by atoms with van der Waals surface area (Å²) in [7, 11) is -4.16. The maximum absolute atomic E-state index is 12.6. The lowest BCUT2D eigenvalue weighted by molar-refractivity contribution is 0.0981. The van der Waals surface area contributed by atoms with Gasteiger partial charge in [-0.25, -0.2) is 13.1 Å². The first kappa shape index (κ1) is 25.8. The number of carbonyl (C=O) groups is 1. The molecule has 0 aromatic heterocycles. The molecule has 184 valence electrons. The number of halogens is 2. The Morgan fingerprint density at radius 2 is 1.31 bits per heavy atom. The van der Waals surface area contributed by atoms with E-state index in [0.29, 0.717) is 16.7 Å². The largest absolute Gasteiger partial charge is 0.457 e. The quantitative estimate of drug-likeness (QED) is 0.261. The van der Waals surface area contributed by atoms with Crippen LogP contribution in [-0.4, -0.2) is 14.3 Å². The molecular weight excluding hydrogens is 517 g/mol. The van der Waals surface area contributed by atoms with Crippen LogP contribution in [0.4, 0.5) is 0 Å². The summed E-state index contributed by atoms with van der Waals surface area (Å²) in [6.07, 6.45) is 0. The molecule has 0 aliphatic heterocycles. The molecule has 0 heterocycles. The Morgan fingerprint density at radius 3 is 1.83 bits per heavy atom. The average molecular weight is 540 g/mol. The maximum Gasteiger partial charge on any atom is 0.265 e. The van der Waals surface area contributed by atoms with E-state index < -0.39 is 15.9 Å². The van der Waals surface area contributed by atoms with E-state index in [-0.39, 0.29) is 15.5 Å². The third kappa shape index (κ3) is 6.08. The summed E-state index contributed by atoms with van der Waals surface area (Å²) in [4.78, 5) is 12.3. The summed E-state index contributed by atoms with van der Waals surface area (Å²) in [6, 6.07) is 26.1. The Kier molecular flexibility index (Phi) is 7.69. The monoisotopic (exact) mass is 539 g/mol. The molecule has 0 radical (unpaired) electrons. The van der Waals surface area contributed by atoms with E-state index in [4.69, 9.17) is 27.9 Å². The van der Waals surface area contributed by atoms with Crippen LogP contribution in [0.1, 0.15) is 35.7 Å². The van der Waals surface area contributed by atoms with Gasteiger partial charge in [-0.3, -0.25) is 4.79 Å². The summed E-state index contributed by atoms with van der Waals surface area (Å²) in [5.41, 5.74) is 3.23. The van der Waals surface area contributed by atoms with Gasteiger partial charge in [-0.05, 0) is 77.2 Å². The van der Waals surface area contributed by atoms with Crippen molar-refractivity contribution in [1.82, 2.24) is 4.72 Å². The van der Waals surface area contributed by atoms with E-state index in [1.54, 1.807) is 24.3 Å². The van der Waals surface area contributed by atoms with Crippen LogP contribution in [-0.2, 0) is 10.0 Å². The topological polar surface area (TPSA) is 72.5 Å². The predicted molar refractivity (Wildman–Crippen MR) is 144 cm³/mol. The first-order valence-corrected chi connectivity index (χ1v) is 13.4. The Morgan fingerprint density at radius 1 is 0.778 bits per heavy atom. The Hall–Kier alpha value is -3.32. The number of hydrogen-bond donors (Lipinski definition) is 1. The number of rotatable bonds is 7. The Labute approximate surface area is 220 Å². The van der Waals surface area contributed by atoms with Gasteiger partial charge in [0.25, 0.3) is 15.9 Å². The minimum atomic E-state index is -4.16. The van der Waals surface area contributed by atoms with Crippen molar-refractivity contribution in [2.24, 2.45) is 0 Å². The van der Waals surface area contributed by atoms with Crippen LogP contribution in [0.3, 0.4) is 0 Å². The third-order valence-electron chi connectivity index (χ3n) is 5.53. The lowest BCUT2D eigenvalue weighted by Gasteiger charge is -2.10. The summed E-state index contributed by atoms with van der Waals surface area (Å²) < 4.78 is 33.1. The third-order valence-corrected chi connectivity index (χ3v) is 7.58. The molecule has 0 unspecified atom stereocenters. The summed E-state index contributed by atoms with van der Waals surface area (Å²) >= 11 is 11.8. The lowest BCUT2D eigenvalue weighted by atomic mass is 10.0. The Bertz CT molecular complexity index is 1480. The number of benzene rings is 4. The second-order valence-corrected chi connectivity index (χ2v) is 10.9. The SMILES string of the molecule is CC(C)c1ccc(Oc2ccc(-c3ccc(C(=O)NS(=O)(=O)c4ccc(Cl)cc4Cl)cc3)cc2)cc1. The van der Waals surface area contributed by atoms with Crippen molar-refractivity contribution in [2.75, 3.05) is 0 Å². The number of amides is 1. The molecule has 4 aromatic rings. The van der Waals surface area contributed by atoms with Crippen molar-refractivity contribution in [3.8, 4) is 22.6 Å². The zero-order valence-electron chi connectivity index (χ0n) is 19.5. The zero-order chi connectivity index (χ0) is 25.9. The van der Waals surface area contributed by atoms with E-state index in [9.17, 15) is 13.2 Å². The van der Waals surface area contributed by atoms with Crippen molar-refractivity contribution >= 4 is 39.1 Å². The lowest BCUT2D eigenvalue weighted by Crippen LogP contribution is -2.30. The molecule has 1 amide bonds. The molecule has 0 aliphatic rings. The molecule has 0 aliphatic carbocycles. The smallest absolute Gasteiger partial charge is 0.265 e. The molecular formula is C28H23Cl2NO4S. The van der Waals surface area contributed by atoms with Gasteiger partial charge in [0.15, 0.2) is 0 Å². The van der Waals surface area contributed by atoms with Crippen molar-refractivity contribution in [1.29, 1.82) is 0 Å². The second-order valence-electron chi connectivity index (χ2n) is 8.44. The molecule has 0 spiro atoms. The van der Waals surface area contributed by atoms with Crippen LogP contribution in [0, 0.1) is 0 Å². The van der Waals surface area contributed by atoms with E-state index >= 15 is 0 Å². The fraction of sp³-hybridized carbons (Fsp3) is 0.107. The van der Waals surface area contributed by atoms with Gasteiger partial charge in [0.1, 0.15) is 16.4 Å². The molecule has 0 saturated carbocycles. The van der Waals surface area contributed by atoms with Crippen molar-refractivity contribution in [3.05, 3.63) is 112 Å². The fourth-order valence-electron chi connectivity index (χ4n) is 3.52. The normalized spacial score (nSPS) is 11.4. The minimum Gasteiger partial charge on any atom is -0.457 e. The van der Waals surface area contributed by atoms with Crippen LogP contribution in [0.5, 0.6) is 11.5 Å². The summed E-state index contributed by atoms with van der Waals surface area (Å²) in [5.74, 6) is 1.16. The number of nitrogens with one attached hydrogen (secondary N) is 1. The van der Waals surface area contributed by atoms with E-state index in [1.165, 1.54) is 23.8 Å². The Balaban J connectivity index is 1.43. The number of carbonyl (C=O) groups excluding carboxylic acids is 1. The molecule has 4 rings (SSSR count). The van der Waals surface area contributed by atoms with Gasteiger partial charge in [-0.2, -0.15) is 0 Å². The van der Waals surface area contributed by atoms with Crippen LogP contribution in [0.15, 0.2) is 95.9 Å². The molecule has 36 heavy (non-hydrogen) atoms. The highest BCUT2D eigenvalue weighted by molar-refractivity contribution is 7.90. The zero-order valence-corrected chi connectivity index (χ0v) is 21.9. The van der Waals surface area contributed by atoms with Crippen molar-refractivity contribution in [2.45, 2.75) is 24.7 Å². The van der Waals surface area contributed by atoms with Gasteiger partial charge in [0.05, 0.1) is 5.02 Å². The van der Waals surface area contributed by atoms with E-state index in [2.05, 4.69) is 26.0 Å². The molecule has 4 aromatic carbocycles. The van der Waals surface area contributed by atoms with Gasteiger partial charge < -0.3 is 4.74 Å². The van der Waals surface area contributed by atoms with Gasteiger partial charge in [-0.15, -0.1) is 0 Å².